The molecule has 1 aromatic heterocycles. The van der Waals surface area contributed by atoms with Crippen molar-refractivity contribution in [3.63, 3.8) is 0 Å². The fourth-order valence-corrected chi connectivity index (χ4v) is 3.53. The molecule has 1 aliphatic carbocycles. The Morgan fingerprint density at radius 1 is 1.36 bits per heavy atom. The van der Waals surface area contributed by atoms with Crippen molar-refractivity contribution in [2.75, 3.05) is 13.2 Å². The molecule has 0 amide bonds. The zero-order chi connectivity index (χ0) is 15.6. The highest BCUT2D eigenvalue weighted by atomic mass is 32.1. The largest absolute Gasteiger partial charge is 0.382 e. The lowest BCUT2D eigenvalue weighted by Crippen LogP contribution is -2.39. The maximum Gasteiger partial charge on any atom is 0.262 e. The van der Waals surface area contributed by atoms with Gasteiger partial charge >= 0.3 is 0 Å². The number of hydrogen-bond acceptors (Lipinski definition) is 3. The average Bonchev–Trinajstić information content (AvgIpc) is 2.48. The Bertz CT molecular complexity index is 774. The molecule has 118 valence electrons. The van der Waals surface area contributed by atoms with Crippen LogP contribution in [0, 0.1) is 10.2 Å². The third kappa shape index (κ3) is 2.88. The first-order valence-electron chi connectivity index (χ1n) is 7.95. The summed E-state index contributed by atoms with van der Waals surface area (Å²) in [6.07, 6.45) is 4.52. The molecule has 4 nitrogen and oxygen atoms in total. The van der Waals surface area contributed by atoms with E-state index < -0.39 is 0 Å². The summed E-state index contributed by atoms with van der Waals surface area (Å²) in [6.45, 7) is 4.21. The fourth-order valence-electron chi connectivity index (χ4n) is 3.27. The SMILES string of the molecule is CCOCCC1(Cn2c(=S)[nH]c3ccccc3c2=O)CCC1. The number of benzene rings is 1. The Hall–Kier alpha value is -1.46. The molecule has 1 heterocycles. The van der Waals surface area contributed by atoms with Gasteiger partial charge in [0.15, 0.2) is 4.77 Å². The Labute approximate surface area is 135 Å². The number of fused-ring (bicyclic) bond motifs is 1. The van der Waals surface area contributed by atoms with Crippen LogP contribution in [-0.4, -0.2) is 22.8 Å². The van der Waals surface area contributed by atoms with E-state index in [0.29, 0.717) is 16.7 Å². The Morgan fingerprint density at radius 2 is 2.14 bits per heavy atom. The lowest BCUT2D eigenvalue weighted by Gasteiger charge is -2.42. The number of aromatic nitrogens is 2. The highest BCUT2D eigenvalue weighted by Crippen LogP contribution is 2.45. The van der Waals surface area contributed by atoms with Crippen LogP contribution < -0.4 is 5.56 Å². The van der Waals surface area contributed by atoms with Crippen molar-refractivity contribution in [3.8, 4) is 0 Å². The average molecular weight is 318 g/mol. The molecule has 0 radical (unpaired) electrons. The molecular formula is C17H22N2O2S. The molecule has 22 heavy (non-hydrogen) atoms. The van der Waals surface area contributed by atoms with Crippen LogP contribution in [0.4, 0.5) is 0 Å². The fraction of sp³-hybridized carbons (Fsp3) is 0.529. The van der Waals surface area contributed by atoms with Crippen LogP contribution in [0.5, 0.6) is 0 Å². The zero-order valence-electron chi connectivity index (χ0n) is 12.9. The van der Waals surface area contributed by atoms with Crippen LogP contribution in [0.3, 0.4) is 0 Å². The van der Waals surface area contributed by atoms with Gasteiger partial charge in [0.2, 0.25) is 0 Å². The number of H-pyrrole nitrogens is 1. The van der Waals surface area contributed by atoms with E-state index in [1.165, 1.54) is 6.42 Å². The first kappa shape index (κ1) is 15.4. The lowest BCUT2D eigenvalue weighted by atomic mass is 9.66. The van der Waals surface area contributed by atoms with Crippen molar-refractivity contribution in [2.24, 2.45) is 5.41 Å². The second kappa shape index (κ2) is 6.34. The quantitative estimate of drug-likeness (QED) is 0.653. The number of aromatic amines is 1. The van der Waals surface area contributed by atoms with Gasteiger partial charge in [-0.3, -0.25) is 9.36 Å². The van der Waals surface area contributed by atoms with Gasteiger partial charge in [0.25, 0.3) is 5.56 Å². The minimum absolute atomic E-state index is 0.0158. The molecule has 1 saturated carbocycles. The molecule has 0 saturated heterocycles. The van der Waals surface area contributed by atoms with Crippen LogP contribution in [0.1, 0.15) is 32.6 Å². The van der Waals surface area contributed by atoms with Gasteiger partial charge in [0, 0.05) is 19.8 Å². The summed E-state index contributed by atoms with van der Waals surface area (Å²) < 4.78 is 7.77. The van der Waals surface area contributed by atoms with Gasteiger partial charge in [-0.25, -0.2) is 0 Å². The Kier molecular flexibility index (Phi) is 4.45. The zero-order valence-corrected chi connectivity index (χ0v) is 13.7. The van der Waals surface area contributed by atoms with E-state index in [1.807, 2.05) is 31.2 Å². The van der Waals surface area contributed by atoms with Crippen molar-refractivity contribution < 1.29 is 4.74 Å². The maximum absolute atomic E-state index is 12.7. The van der Waals surface area contributed by atoms with Crippen molar-refractivity contribution in [1.29, 1.82) is 0 Å². The normalized spacial score (nSPS) is 16.6. The Morgan fingerprint density at radius 3 is 2.82 bits per heavy atom. The van der Waals surface area contributed by atoms with Gasteiger partial charge in [0.05, 0.1) is 10.9 Å². The number of nitrogens with one attached hydrogen (secondary N) is 1. The van der Waals surface area contributed by atoms with Crippen molar-refractivity contribution >= 4 is 23.1 Å². The molecule has 0 spiro atoms. The summed E-state index contributed by atoms with van der Waals surface area (Å²) in [5.41, 5.74) is 0.996. The van der Waals surface area contributed by atoms with Gasteiger partial charge < -0.3 is 9.72 Å². The number of ether oxygens (including phenoxy) is 1. The van der Waals surface area contributed by atoms with E-state index in [4.69, 9.17) is 17.0 Å². The molecule has 0 bridgehead atoms. The molecule has 3 rings (SSSR count). The first-order chi connectivity index (χ1) is 10.7. The molecule has 0 unspecified atom stereocenters. The van der Waals surface area contributed by atoms with E-state index in [2.05, 4.69) is 4.98 Å². The number of nitrogens with zero attached hydrogens (tertiary/aromatic N) is 1. The van der Waals surface area contributed by atoms with E-state index >= 15 is 0 Å². The third-order valence-corrected chi connectivity index (χ3v) is 5.10. The topological polar surface area (TPSA) is 47.0 Å². The summed E-state index contributed by atoms with van der Waals surface area (Å²) in [6, 6.07) is 7.55. The summed E-state index contributed by atoms with van der Waals surface area (Å²) in [5.74, 6) is 0. The molecule has 0 atom stereocenters. The summed E-state index contributed by atoms with van der Waals surface area (Å²) in [7, 11) is 0. The first-order valence-corrected chi connectivity index (χ1v) is 8.36. The third-order valence-electron chi connectivity index (χ3n) is 4.78. The van der Waals surface area contributed by atoms with Gasteiger partial charge in [0.1, 0.15) is 0 Å². The van der Waals surface area contributed by atoms with Gasteiger partial charge in [-0.15, -0.1) is 0 Å². The molecule has 1 aliphatic rings. The summed E-state index contributed by atoms with van der Waals surface area (Å²) >= 11 is 5.42. The van der Waals surface area contributed by atoms with Crippen LogP contribution in [0.15, 0.2) is 29.1 Å². The predicted octanol–water partition coefficient (Wildman–Crippen LogP) is 3.66. The summed E-state index contributed by atoms with van der Waals surface area (Å²) in [4.78, 5) is 15.9. The molecule has 5 heteroatoms. The van der Waals surface area contributed by atoms with Crippen LogP contribution in [0.2, 0.25) is 0 Å². The van der Waals surface area contributed by atoms with Crippen molar-refractivity contribution in [3.05, 3.63) is 39.4 Å². The van der Waals surface area contributed by atoms with E-state index in [0.717, 1.165) is 38.0 Å². The maximum atomic E-state index is 12.7. The molecule has 1 fully saturated rings. The highest BCUT2D eigenvalue weighted by Gasteiger charge is 2.37. The summed E-state index contributed by atoms with van der Waals surface area (Å²) in [5, 5.41) is 0.704. The standard InChI is InChI=1S/C17H22N2O2S/c1-2-21-11-10-17(8-5-9-17)12-19-15(20)13-6-3-4-7-14(13)18-16(19)22/h3-4,6-7H,2,5,8-12H2,1H3,(H,18,22). The van der Waals surface area contributed by atoms with Crippen LogP contribution in [-0.2, 0) is 11.3 Å². The Balaban J connectivity index is 1.93. The molecular weight excluding hydrogens is 296 g/mol. The molecule has 1 aromatic carbocycles. The lowest BCUT2D eigenvalue weighted by molar-refractivity contribution is 0.0391. The smallest absolute Gasteiger partial charge is 0.262 e. The molecule has 0 aliphatic heterocycles. The predicted molar refractivity (Wildman–Crippen MR) is 90.8 cm³/mol. The minimum atomic E-state index is 0.0158. The molecule has 2 aromatic rings. The van der Waals surface area contributed by atoms with Crippen LogP contribution >= 0.6 is 12.2 Å². The number of hydrogen-bond donors (Lipinski definition) is 1. The van der Waals surface area contributed by atoms with E-state index in [9.17, 15) is 4.79 Å². The minimum Gasteiger partial charge on any atom is -0.382 e. The number of para-hydroxylation sites is 1. The van der Waals surface area contributed by atoms with E-state index in [1.54, 1.807) is 4.57 Å². The second-order valence-electron chi connectivity index (χ2n) is 6.17. The van der Waals surface area contributed by atoms with Gasteiger partial charge in [-0.2, -0.15) is 0 Å². The van der Waals surface area contributed by atoms with Crippen molar-refractivity contribution in [1.82, 2.24) is 9.55 Å². The van der Waals surface area contributed by atoms with Crippen molar-refractivity contribution in [2.45, 2.75) is 39.2 Å². The van der Waals surface area contributed by atoms with E-state index in [-0.39, 0.29) is 11.0 Å². The van der Waals surface area contributed by atoms with Gasteiger partial charge in [-0.05, 0) is 56.0 Å². The monoisotopic (exact) mass is 318 g/mol. The van der Waals surface area contributed by atoms with Crippen LogP contribution in [0.25, 0.3) is 10.9 Å². The number of rotatable bonds is 6. The van der Waals surface area contributed by atoms with Gasteiger partial charge in [-0.1, -0.05) is 18.6 Å². The second-order valence-corrected chi connectivity index (χ2v) is 6.55. The highest BCUT2D eigenvalue weighted by molar-refractivity contribution is 7.71. The molecule has 1 N–H and O–H groups in total.